The van der Waals surface area contributed by atoms with Crippen LogP contribution in [0, 0.1) is 5.82 Å². The van der Waals surface area contributed by atoms with E-state index in [0.29, 0.717) is 18.6 Å². The second-order valence-electron chi connectivity index (χ2n) is 4.28. The van der Waals surface area contributed by atoms with Crippen LogP contribution in [0.2, 0.25) is 0 Å². The van der Waals surface area contributed by atoms with E-state index in [2.05, 4.69) is 15.3 Å². The smallest absolute Gasteiger partial charge is 0.352 e. The number of benzene rings is 1. The molecular formula is C13H11F4N3O. The van der Waals surface area contributed by atoms with Crippen LogP contribution >= 0.6 is 0 Å². The molecule has 2 aromatic rings. The first kappa shape index (κ1) is 15.0. The molecule has 0 spiro atoms. The summed E-state index contributed by atoms with van der Waals surface area (Å²) in [5.41, 5.74) is -0.914. The zero-order chi connectivity index (χ0) is 15.5. The first-order chi connectivity index (χ1) is 9.88. The Balaban J connectivity index is 2.02. The van der Waals surface area contributed by atoms with Crippen molar-refractivity contribution in [3.05, 3.63) is 53.4 Å². The normalized spacial score (nSPS) is 11.4. The van der Waals surface area contributed by atoms with Crippen LogP contribution in [-0.4, -0.2) is 22.4 Å². The van der Waals surface area contributed by atoms with Gasteiger partial charge in [-0.15, -0.1) is 0 Å². The summed E-state index contributed by atoms with van der Waals surface area (Å²) in [6.45, 7) is 0.222. The van der Waals surface area contributed by atoms with Crippen molar-refractivity contribution in [3.63, 3.8) is 0 Å². The monoisotopic (exact) mass is 301 g/mol. The minimum Gasteiger partial charge on any atom is -0.352 e. The number of imidazole rings is 1. The van der Waals surface area contributed by atoms with Gasteiger partial charge in [0.25, 0.3) is 5.91 Å². The van der Waals surface area contributed by atoms with Crippen molar-refractivity contribution in [1.29, 1.82) is 0 Å². The Morgan fingerprint density at radius 1 is 1.33 bits per heavy atom. The van der Waals surface area contributed by atoms with E-state index >= 15 is 0 Å². The lowest BCUT2D eigenvalue weighted by molar-refractivity contribution is -0.140. The lowest BCUT2D eigenvalue weighted by Gasteiger charge is -2.10. The standard InChI is InChI=1S/C13H11F4N3O/c14-11-2-1-8(5-10(11)13(15,16)17)12(21)19-4-3-9-6-18-7-20-9/h1-2,5-7H,3-4H2,(H,18,20)(H,19,21). The fourth-order valence-corrected chi connectivity index (χ4v) is 1.72. The Hall–Kier alpha value is -2.38. The molecule has 0 bridgehead atoms. The number of carbonyl (C=O) groups excluding carboxylic acids is 1. The number of carbonyl (C=O) groups is 1. The minimum atomic E-state index is -4.84. The van der Waals surface area contributed by atoms with Gasteiger partial charge in [-0.25, -0.2) is 9.37 Å². The minimum absolute atomic E-state index is 0.222. The molecular weight excluding hydrogens is 290 g/mol. The average molecular weight is 301 g/mol. The van der Waals surface area contributed by atoms with Crippen LogP contribution in [0.5, 0.6) is 0 Å². The van der Waals surface area contributed by atoms with Crippen LogP contribution in [0.1, 0.15) is 21.6 Å². The summed E-state index contributed by atoms with van der Waals surface area (Å²) < 4.78 is 50.7. The molecule has 0 atom stereocenters. The van der Waals surface area contributed by atoms with Gasteiger partial charge in [0.2, 0.25) is 0 Å². The van der Waals surface area contributed by atoms with Crippen LogP contribution in [0.3, 0.4) is 0 Å². The molecule has 0 aliphatic rings. The first-order valence-electron chi connectivity index (χ1n) is 6.00. The molecule has 1 aromatic heterocycles. The molecule has 1 heterocycles. The molecule has 0 unspecified atom stereocenters. The summed E-state index contributed by atoms with van der Waals surface area (Å²) in [4.78, 5) is 18.4. The number of hydrogen-bond donors (Lipinski definition) is 2. The molecule has 21 heavy (non-hydrogen) atoms. The number of aromatic nitrogens is 2. The van der Waals surface area contributed by atoms with E-state index in [-0.39, 0.29) is 12.1 Å². The summed E-state index contributed by atoms with van der Waals surface area (Å²) in [6.07, 6.45) is -1.33. The lowest BCUT2D eigenvalue weighted by Crippen LogP contribution is -2.26. The van der Waals surface area contributed by atoms with E-state index in [1.807, 2.05) is 0 Å². The van der Waals surface area contributed by atoms with Gasteiger partial charge in [-0.1, -0.05) is 0 Å². The van der Waals surface area contributed by atoms with Gasteiger partial charge >= 0.3 is 6.18 Å². The van der Waals surface area contributed by atoms with E-state index in [1.165, 1.54) is 6.33 Å². The zero-order valence-electron chi connectivity index (χ0n) is 10.7. The fraction of sp³-hybridized carbons (Fsp3) is 0.231. The Morgan fingerprint density at radius 2 is 2.10 bits per heavy atom. The van der Waals surface area contributed by atoms with Crippen molar-refractivity contribution in [2.24, 2.45) is 0 Å². The topological polar surface area (TPSA) is 57.8 Å². The van der Waals surface area contributed by atoms with Crippen molar-refractivity contribution in [2.75, 3.05) is 6.54 Å². The van der Waals surface area contributed by atoms with E-state index < -0.39 is 23.5 Å². The van der Waals surface area contributed by atoms with Gasteiger partial charge in [-0.3, -0.25) is 4.79 Å². The molecule has 112 valence electrons. The Kier molecular flexibility index (Phi) is 4.25. The molecule has 2 rings (SSSR count). The maximum atomic E-state index is 13.1. The van der Waals surface area contributed by atoms with Gasteiger partial charge in [0.05, 0.1) is 11.9 Å². The predicted molar refractivity (Wildman–Crippen MR) is 66.0 cm³/mol. The molecule has 0 fully saturated rings. The van der Waals surface area contributed by atoms with E-state index in [1.54, 1.807) is 6.20 Å². The molecule has 0 aliphatic carbocycles. The van der Waals surface area contributed by atoms with E-state index in [9.17, 15) is 22.4 Å². The summed E-state index contributed by atoms with van der Waals surface area (Å²) >= 11 is 0. The third-order valence-corrected chi connectivity index (χ3v) is 2.77. The van der Waals surface area contributed by atoms with E-state index in [0.717, 1.165) is 11.8 Å². The van der Waals surface area contributed by atoms with Crippen molar-refractivity contribution < 1.29 is 22.4 Å². The third kappa shape index (κ3) is 3.80. The van der Waals surface area contributed by atoms with Gasteiger partial charge in [0.1, 0.15) is 5.82 Å². The molecule has 8 heteroatoms. The Morgan fingerprint density at radius 3 is 2.71 bits per heavy atom. The number of hydrogen-bond acceptors (Lipinski definition) is 2. The van der Waals surface area contributed by atoms with Gasteiger partial charge in [0.15, 0.2) is 0 Å². The molecule has 0 aliphatic heterocycles. The number of aromatic amines is 1. The van der Waals surface area contributed by atoms with Crippen LogP contribution in [0.15, 0.2) is 30.7 Å². The summed E-state index contributed by atoms with van der Waals surface area (Å²) in [5, 5.41) is 2.46. The van der Waals surface area contributed by atoms with Gasteiger partial charge in [0, 0.05) is 30.4 Å². The van der Waals surface area contributed by atoms with Crippen LogP contribution in [-0.2, 0) is 12.6 Å². The molecule has 2 N–H and O–H groups in total. The number of H-pyrrole nitrogens is 1. The van der Waals surface area contributed by atoms with Gasteiger partial charge in [-0.05, 0) is 18.2 Å². The van der Waals surface area contributed by atoms with Crippen LogP contribution < -0.4 is 5.32 Å². The molecule has 4 nitrogen and oxygen atoms in total. The summed E-state index contributed by atoms with van der Waals surface area (Å²) in [6, 6.07) is 2.14. The van der Waals surface area contributed by atoms with Crippen molar-refractivity contribution >= 4 is 5.91 Å². The average Bonchev–Trinajstić information content (AvgIpc) is 2.91. The number of rotatable bonds is 4. The van der Waals surface area contributed by atoms with Crippen LogP contribution in [0.4, 0.5) is 17.6 Å². The molecule has 0 saturated carbocycles. The molecule has 0 saturated heterocycles. The maximum absolute atomic E-state index is 13.1. The largest absolute Gasteiger partial charge is 0.419 e. The van der Waals surface area contributed by atoms with Crippen molar-refractivity contribution in [1.82, 2.24) is 15.3 Å². The van der Waals surface area contributed by atoms with Gasteiger partial charge in [-0.2, -0.15) is 13.2 Å². The summed E-state index contributed by atoms with van der Waals surface area (Å²) in [7, 11) is 0. The van der Waals surface area contributed by atoms with Gasteiger partial charge < -0.3 is 10.3 Å². The SMILES string of the molecule is O=C(NCCc1cnc[nH]1)c1ccc(F)c(C(F)(F)F)c1. The molecule has 1 aromatic carbocycles. The number of alkyl halides is 3. The Labute approximate surface area is 117 Å². The zero-order valence-corrected chi connectivity index (χ0v) is 10.7. The second-order valence-corrected chi connectivity index (χ2v) is 4.28. The highest BCUT2D eigenvalue weighted by Gasteiger charge is 2.34. The third-order valence-electron chi connectivity index (χ3n) is 2.77. The lowest BCUT2D eigenvalue weighted by atomic mass is 10.1. The number of halogens is 4. The first-order valence-corrected chi connectivity index (χ1v) is 6.00. The Bertz CT molecular complexity index is 623. The van der Waals surface area contributed by atoms with Crippen molar-refractivity contribution in [2.45, 2.75) is 12.6 Å². The summed E-state index contributed by atoms with van der Waals surface area (Å²) in [5.74, 6) is -2.10. The number of amides is 1. The highest BCUT2D eigenvalue weighted by atomic mass is 19.4. The highest BCUT2D eigenvalue weighted by molar-refractivity contribution is 5.94. The molecule has 1 amide bonds. The highest BCUT2D eigenvalue weighted by Crippen LogP contribution is 2.31. The van der Waals surface area contributed by atoms with E-state index in [4.69, 9.17) is 0 Å². The van der Waals surface area contributed by atoms with Crippen molar-refractivity contribution in [3.8, 4) is 0 Å². The predicted octanol–water partition coefficient (Wildman–Crippen LogP) is 2.54. The number of nitrogens with one attached hydrogen (secondary N) is 2. The van der Waals surface area contributed by atoms with Crippen LogP contribution in [0.25, 0.3) is 0 Å². The maximum Gasteiger partial charge on any atom is 0.419 e. The number of nitrogens with zero attached hydrogens (tertiary/aromatic N) is 1. The second kappa shape index (κ2) is 5.94. The fourth-order valence-electron chi connectivity index (χ4n) is 1.72. The quantitative estimate of drug-likeness (QED) is 0.853. The molecule has 0 radical (unpaired) electrons.